The van der Waals surface area contributed by atoms with Crippen LogP contribution >= 0.6 is 0 Å². The van der Waals surface area contributed by atoms with E-state index in [2.05, 4.69) is 6.92 Å². The molecule has 2 nitrogen and oxygen atoms in total. The molecule has 0 aromatic rings. The maximum Gasteiger partial charge on any atom is 0.0558 e. The molecule has 0 heterocycles. The molecule has 0 saturated heterocycles. The quantitative estimate of drug-likeness (QED) is 0.470. The maximum atomic E-state index is 8.99. The van der Waals surface area contributed by atoms with Crippen LogP contribution in [0.25, 0.3) is 0 Å². The molecule has 1 aliphatic rings. The normalized spacial score (nSPS) is 47.6. The second-order valence-corrected chi connectivity index (χ2v) is 2.77. The van der Waals surface area contributed by atoms with Crippen molar-refractivity contribution in [1.82, 2.24) is 0 Å². The molecule has 0 aromatic heterocycles. The highest BCUT2D eigenvalue weighted by Crippen LogP contribution is 2.23. The van der Waals surface area contributed by atoms with Crippen molar-refractivity contribution in [2.24, 2.45) is 11.7 Å². The summed E-state index contributed by atoms with van der Waals surface area (Å²) in [6.45, 7) is 2.08. The molecule has 0 bridgehead atoms. The lowest BCUT2D eigenvalue weighted by Gasteiger charge is -2.04. The topological polar surface area (TPSA) is 46.2 Å². The van der Waals surface area contributed by atoms with E-state index in [-0.39, 0.29) is 12.1 Å². The molecule has 1 aliphatic carbocycles. The third-order valence-electron chi connectivity index (χ3n) is 1.92. The average molecular weight is 115 g/mol. The molecule has 48 valence electrons. The fraction of sp³-hybridized carbons (Fsp3) is 1.00. The standard InChI is InChI=1S/C6H13NO/c1-4-2-5(8)3-6(4)7/h4-6,8H,2-3,7H2,1H3. The molecule has 1 fully saturated rings. The monoisotopic (exact) mass is 115 g/mol. The SMILES string of the molecule is CC1CC(O)CC1N. The van der Waals surface area contributed by atoms with E-state index in [0.717, 1.165) is 12.8 Å². The average Bonchev–Trinajstić information content (AvgIpc) is 1.85. The molecular formula is C6H13NO. The van der Waals surface area contributed by atoms with E-state index < -0.39 is 0 Å². The van der Waals surface area contributed by atoms with Crippen molar-refractivity contribution in [2.45, 2.75) is 31.9 Å². The zero-order chi connectivity index (χ0) is 6.15. The van der Waals surface area contributed by atoms with Gasteiger partial charge in [0.05, 0.1) is 6.10 Å². The highest BCUT2D eigenvalue weighted by molar-refractivity contribution is 4.82. The van der Waals surface area contributed by atoms with Gasteiger partial charge < -0.3 is 10.8 Å². The van der Waals surface area contributed by atoms with Crippen LogP contribution in [0.1, 0.15) is 19.8 Å². The first-order chi connectivity index (χ1) is 3.70. The summed E-state index contributed by atoms with van der Waals surface area (Å²) in [5, 5.41) is 8.99. The summed E-state index contributed by atoms with van der Waals surface area (Å²) in [6, 6.07) is 0.241. The Kier molecular flexibility index (Phi) is 1.54. The van der Waals surface area contributed by atoms with Crippen LogP contribution in [0.4, 0.5) is 0 Å². The third kappa shape index (κ3) is 1.01. The molecule has 2 heteroatoms. The Bertz CT molecular complexity index is 74.6. The van der Waals surface area contributed by atoms with Gasteiger partial charge in [0.25, 0.3) is 0 Å². The summed E-state index contributed by atoms with van der Waals surface area (Å²) in [5.41, 5.74) is 5.61. The largest absolute Gasteiger partial charge is 0.393 e. The van der Waals surface area contributed by atoms with Crippen LogP contribution in [0, 0.1) is 5.92 Å². The van der Waals surface area contributed by atoms with E-state index in [9.17, 15) is 0 Å². The summed E-state index contributed by atoms with van der Waals surface area (Å²) >= 11 is 0. The summed E-state index contributed by atoms with van der Waals surface area (Å²) < 4.78 is 0. The number of hydrogen-bond acceptors (Lipinski definition) is 2. The van der Waals surface area contributed by atoms with Gasteiger partial charge in [-0.15, -0.1) is 0 Å². The van der Waals surface area contributed by atoms with Crippen molar-refractivity contribution < 1.29 is 5.11 Å². The Morgan fingerprint density at radius 1 is 1.50 bits per heavy atom. The van der Waals surface area contributed by atoms with E-state index in [1.807, 2.05) is 0 Å². The van der Waals surface area contributed by atoms with Gasteiger partial charge in [-0.25, -0.2) is 0 Å². The lowest BCUT2D eigenvalue weighted by Crippen LogP contribution is -2.22. The summed E-state index contributed by atoms with van der Waals surface area (Å²) in [6.07, 6.45) is 1.56. The van der Waals surface area contributed by atoms with Crippen LogP contribution < -0.4 is 5.73 Å². The molecule has 3 atom stereocenters. The van der Waals surface area contributed by atoms with Gasteiger partial charge in [0.1, 0.15) is 0 Å². The molecule has 3 unspecified atom stereocenters. The first-order valence-electron chi connectivity index (χ1n) is 3.14. The Labute approximate surface area is 49.7 Å². The van der Waals surface area contributed by atoms with Crippen LogP contribution in [-0.4, -0.2) is 17.3 Å². The van der Waals surface area contributed by atoms with Gasteiger partial charge >= 0.3 is 0 Å². The zero-order valence-corrected chi connectivity index (χ0v) is 5.17. The fourth-order valence-corrected chi connectivity index (χ4v) is 1.25. The first kappa shape index (κ1) is 6.05. The Morgan fingerprint density at radius 2 is 2.12 bits per heavy atom. The molecule has 0 aromatic carbocycles. The predicted octanol–water partition coefficient (Wildman–Crippen LogP) is 0.104. The lowest BCUT2D eigenvalue weighted by molar-refractivity contribution is 0.178. The van der Waals surface area contributed by atoms with Crippen LogP contribution in [0.5, 0.6) is 0 Å². The first-order valence-corrected chi connectivity index (χ1v) is 3.14. The van der Waals surface area contributed by atoms with Crippen molar-refractivity contribution in [1.29, 1.82) is 0 Å². The van der Waals surface area contributed by atoms with Gasteiger partial charge in [0.2, 0.25) is 0 Å². The fourth-order valence-electron chi connectivity index (χ4n) is 1.25. The maximum absolute atomic E-state index is 8.99. The van der Waals surface area contributed by atoms with Gasteiger partial charge in [-0.05, 0) is 18.8 Å². The van der Waals surface area contributed by atoms with Crippen molar-refractivity contribution in [2.75, 3.05) is 0 Å². The Morgan fingerprint density at radius 3 is 2.25 bits per heavy atom. The number of hydrogen-bond donors (Lipinski definition) is 2. The summed E-state index contributed by atoms with van der Waals surface area (Å²) in [5.74, 6) is 0.519. The van der Waals surface area contributed by atoms with E-state index in [4.69, 9.17) is 10.8 Å². The van der Waals surface area contributed by atoms with Gasteiger partial charge in [-0.2, -0.15) is 0 Å². The van der Waals surface area contributed by atoms with Gasteiger partial charge in [0.15, 0.2) is 0 Å². The number of nitrogens with two attached hydrogens (primary N) is 1. The molecule has 3 N–H and O–H groups in total. The van der Waals surface area contributed by atoms with Crippen LogP contribution in [-0.2, 0) is 0 Å². The van der Waals surface area contributed by atoms with Crippen LogP contribution in [0.2, 0.25) is 0 Å². The van der Waals surface area contributed by atoms with E-state index >= 15 is 0 Å². The third-order valence-corrected chi connectivity index (χ3v) is 1.92. The lowest BCUT2D eigenvalue weighted by atomic mass is 10.1. The van der Waals surface area contributed by atoms with Crippen molar-refractivity contribution >= 4 is 0 Å². The minimum Gasteiger partial charge on any atom is -0.393 e. The summed E-state index contributed by atoms with van der Waals surface area (Å²) in [7, 11) is 0. The van der Waals surface area contributed by atoms with E-state index in [0.29, 0.717) is 5.92 Å². The Balaban J connectivity index is 2.39. The van der Waals surface area contributed by atoms with Gasteiger partial charge in [-0.1, -0.05) is 6.92 Å². The molecule has 8 heavy (non-hydrogen) atoms. The second kappa shape index (κ2) is 2.03. The van der Waals surface area contributed by atoms with Crippen LogP contribution in [0.15, 0.2) is 0 Å². The number of aliphatic hydroxyl groups excluding tert-OH is 1. The van der Waals surface area contributed by atoms with E-state index in [1.54, 1.807) is 0 Å². The molecule has 0 spiro atoms. The number of rotatable bonds is 0. The number of aliphatic hydroxyl groups is 1. The molecule has 1 rings (SSSR count). The predicted molar refractivity (Wildman–Crippen MR) is 32.4 cm³/mol. The van der Waals surface area contributed by atoms with E-state index in [1.165, 1.54) is 0 Å². The smallest absolute Gasteiger partial charge is 0.0558 e. The highest BCUT2D eigenvalue weighted by atomic mass is 16.3. The Hall–Kier alpha value is -0.0800. The molecule has 0 radical (unpaired) electrons. The van der Waals surface area contributed by atoms with Gasteiger partial charge in [0, 0.05) is 6.04 Å². The molecule has 1 saturated carbocycles. The van der Waals surface area contributed by atoms with Crippen molar-refractivity contribution in [3.05, 3.63) is 0 Å². The molecule has 0 amide bonds. The van der Waals surface area contributed by atoms with Crippen molar-refractivity contribution in [3.8, 4) is 0 Å². The molecular weight excluding hydrogens is 102 g/mol. The van der Waals surface area contributed by atoms with Gasteiger partial charge in [-0.3, -0.25) is 0 Å². The molecule has 0 aliphatic heterocycles. The highest BCUT2D eigenvalue weighted by Gasteiger charge is 2.26. The zero-order valence-electron chi connectivity index (χ0n) is 5.17. The minimum absolute atomic E-state index is 0.125. The summed E-state index contributed by atoms with van der Waals surface area (Å²) in [4.78, 5) is 0. The second-order valence-electron chi connectivity index (χ2n) is 2.77. The minimum atomic E-state index is -0.125. The van der Waals surface area contributed by atoms with Crippen molar-refractivity contribution in [3.63, 3.8) is 0 Å². The van der Waals surface area contributed by atoms with Crippen LogP contribution in [0.3, 0.4) is 0 Å².